The Kier molecular flexibility index (Phi) is 10.2. The van der Waals surface area contributed by atoms with E-state index in [1.165, 1.54) is 70.1 Å². The third-order valence-corrected chi connectivity index (χ3v) is 9.01. The van der Waals surface area contributed by atoms with Crippen LogP contribution in [0, 0.1) is 10.1 Å². The van der Waals surface area contributed by atoms with E-state index in [-0.39, 0.29) is 10.6 Å². The third kappa shape index (κ3) is 7.41. The van der Waals surface area contributed by atoms with Crippen molar-refractivity contribution < 1.29 is 4.92 Å². The van der Waals surface area contributed by atoms with E-state index in [0.29, 0.717) is 0 Å². The summed E-state index contributed by atoms with van der Waals surface area (Å²) in [5.74, 6) is 1.93. The zero-order valence-electron chi connectivity index (χ0n) is 26.8. The molecular weight excluding hydrogens is 556 g/mol. The molecule has 2 saturated heterocycles. The second-order valence-electron chi connectivity index (χ2n) is 12.3. The van der Waals surface area contributed by atoms with Crippen LogP contribution in [0.1, 0.15) is 38.5 Å². The first kappa shape index (κ1) is 31.5. The molecule has 238 valence electrons. The highest BCUT2D eigenvalue weighted by atomic mass is 16.6. The van der Waals surface area contributed by atoms with Crippen molar-refractivity contribution in [1.29, 1.82) is 0 Å². The number of nitrogens with two attached hydrogens (primary N) is 1. The van der Waals surface area contributed by atoms with Gasteiger partial charge in [0.2, 0.25) is 0 Å². The minimum Gasteiger partial charge on any atom is -0.399 e. The van der Waals surface area contributed by atoms with Crippen molar-refractivity contribution in [2.75, 3.05) is 82.0 Å². The van der Waals surface area contributed by atoms with Gasteiger partial charge in [0, 0.05) is 83.0 Å². The van der Waals surface area contributed by atoms with Crippen LogP contribution < -0.4 is 15.5 Å². The van der Waals surface area contributed by atoms with Gasteiger partial charge in [-0.1, -0.05) is 12.8 Å². The maximum absolute atomic E-state index is 10.9. The van der Waals surface area contributed by atoms with Crippen LogP contribution in [-0.2, 0) is 14.1 Å². The molecule has 2 aromatic heterocycles. The van der Waals surface area contributed by atoms with Crippen molar-refractivity contribution in [2.45, 2.75) is 38.5 Å². The number of nitrogens with zero attached hydrogens (tertiary/aromatic N) is 9. The molecule has 6 rings (SSSR count). The van der Waals surface area contributed by atoms with Gasteiger partial charge in [-0.25, -0.2) is 0 Å². The molecule has 0 bridgehead atoms. The van der Waals surface area contributed by atoms with Crippen molar-refractivity contribution in [3.63, 3.8) is 0 Å². The second kappa shape index (κ2) is 14.3. The fraction of sp³-hybridized carbons (Fsp3) is 0.562. The van der Waals surface area contributed by atoms with Crippen LogP contribution in [0.25, 0.3) is 21.8 Å². The molecule has 0 atom stereocenters. The first-order valence-corrected chi connectivity index (χ1v) is 15.9. The smallest absolute Gasteiger partial charge is 0.271 e. The Labute approximate surface area is 260 Å². The van der Waals surface area contributed by atoms with Crippen LogP contribution in [0.15, 0.2) is 36.4 Å². The van der Waals surface area contributed by atoms with Gasteiger partial charge < -0.3 is 25.3 Å². The van der Waals surface area contributed by atoms with Gasteiger partial charge in [0.05, 0.1) is 16.0 Å². The van der Waals surface area contributed by atoms with Gasteiger partial charge >= 0.3 is 0 Å². The minimum atomic E-state index is -0.369. The highest BCUT2D eigenvalue weighted by Gasteiger charge is 2.18. The average Bonchev–Trinajstić information content (AvgIpc) is 3.55. The fourth-order valence-corrected chi connectivity index (χ4v) is 6.32. The lowest BCUT2D eigenvalue weighted by Gasteiger charge is -2.28. The highest BCUT2D eigenvalue weighted by Crippen LogP contribution is 2.29. The summed E-state index contributed by atoms with van der Waals surface area (Å²) in [5, 5.41) is 22.3. The number of nitrogen functional groups attached to an aromatic ring is 1. The van der Waals surface area contributed by atoms with E-state index in [4.69, 9.17) is 5.73 Å². The maximum Gasteiger partial charge on any atom is 0.271 e. The largest absolute Gasteiger partial charge is 0.399 e. The van der Waals surface area contributed by atoms with Gasteiger partial charge in [0.25, 0.3) is 5.69 Å². The van der Waals surface area contributed by atoms with Crippen molar-refractivity contribution in [3.05, 3.63) is 46.5 Å². The number of benzene rings is 2. The number of non-ortho nitro benzene ring substituents is 1. The number of likely N-dealkylation sites (N-methyl/N-ethyl adjacent to an activating group) is 2. The summed E-state index contributed by atoms with van der Waals surface area (Å²) in [4.78, 5) is 20.0. The molecule has 0 aliphatic carbocycles. The summed E-state index contributed by atoms with van der Waals surface area (Å²) in [5.41, 5.74) is 8.64. The molecule has 2 N–H and O–H groups in total. The van der Waals surface area contributed by atoms with E-state index in [0.717, 1.165) is 59.9 Å². The lowest BCUT2D eigenvalue weighted by molar-refractivity contribution is -0.384. The van der Waals surface area contributed by atoms with Gasteiger partial charge in [-0.05, 0) is 76.1 Å². The molecule has 0 unspecified atom stereocenters. The molecule has 0 amide bonds. The second-order valence-corrected chi connectivity index (χ2v) is 12.3. The topological polar surface area (TPSA) is 118 Å². The Morgan fingerprint density at radius 2 is 1.20 bits per heavy atom. The normalized spacial score (nSPS) is 16.2. The molecule has 12 heteroatoms. The molecule has 4 heterocycles. The molecule has 0 spiro atoms. The number of hydrogen-bond donors (Lipinski definition) is 1. The summed E-state index contributed by atoms with van der Waals surface area (Å²) in [6.07, 6.45) is 8.00. The van der Waals surface area contributed by atoms with Crippen LogP contribution in [0.2, 0.25) is 0 Å². The van der Waals surface area contributed by atoms with E-state index >= 15 is 0 Å². The minimum absolute atomic E-state index is 0.100. The Morgan fingerprint density at radius 1 is 0.750 bits per heavy atom. The lowest BCUT2D eigenvalue weighted by Crippen LogP contribution is -2.36. The number of anilines is 3. The molecule has 2 fully saturated rings. The van der Waals surface area contributed by atoms with Gasteiger partial charge in [0.1, 0.15) is 0 Å². The van der Waals surface area contributed by atoms with E-state index in [9.17, 15) is 10.1 Å². The van der Waals surface area contributed by atoms with Crippen molar-refractivity contribution in [1.82, 2.24) is 29.4 Å². The summed E-state index contributed by atoms with van der Waals surface area (Å²) < 4.78 is 3.63. The number of aryl methyl sites for hydroxylation is 2. The Balaban J connectivity index is 0.000000175. The van der Waals surface area contributed by atoms with Crippen LogP contribution in [0.4, 0.5) is 23.0 Å². The SMILES string of the molecule is CN(CCN1CCCCC1)c1nn(C)c2cc(N)ccc12.CN(CCN1CCCCC1)c1nn(C)c2cc([N+](=O)[O-])ccc12. The third-order valence-electron chi connectivity index (χ3n) is 9.01. The van der Waals surface area contributed by atoms with Crippen molar-refractivity contribution in [3.8, 4) is 0 Å². The van der Waals surface area contributed by atoms with E-state index < -0.39 is 0 Å². The van der Waals surface area contributed by atoms with Crippen LogP contribution >= 0.6 is 0 Å². The molecule has 2 aliphatic rings. The number of nitro benzene ring substituents is 1. The van der Waals surface area contributed by atoms with Crippen LogP contribution in [0.3, 0.4) is 0 Å². The summed E-state index contributed by atoms with van der Waals surface area (Å²) in [6, 6.07) is 10.9. The van der Waals surface area contributed by atoms with Crippen molar-refractivity contribution >= 4 is 44.8 Å². The van der Waals surface area contributed by atoms with Gasteiger partial charge in [-0.15, -0.1) is 0 Å². The molecule has 12 nitrogen and oxygen atoms in total. The molecular formula is C32H48N10O2. The molecule has 44 heavy (non-hydrogen) atoms. The van der Waals surface area contributed by atoms with E-state index in [1.807, 2.05) is 38.0 Å². The number of fused-ring (bicyclic) bond motifs is 2. The number of aromatic nitrogens is 4. The van der Waals surface area contributed by atoms with Gasteiger partial charge in [0.15, 0.2) is 11.6 Å². The molecule has 0 saturated carbocycles. The van der Waals surface area contributed by atoms with Crippen LogP contribution in [-0.4, -0.2) is 101 Å². The summed E-state index contributed by atoms with van der Waals surface area (Å²) >= 11 is 0. The molecule has 2 aliphatic heterocycles. The maximum atomic E-state index is 10.9. The average molecular weight is 605 g/mol. The summed E-state index contributed by atoms with van der Waals surface area (Å²) in [7, 11) is 7.97. The number of piperidine rings is 2. The zero-order valence-corrected chi connectivity index (χ0v) is 26.8. The fourth-order valence-electron chi connectivity index (χ4n) is 6.32. The van der Waals surface area contributed by atoms with Gasteiger partial charge in [-0.2, -0.15) is 10.2 Å². The Hall–Kier alpha value is -3.90. The quantitative estimate of drug-likeness (QED) is 0.168. The number of hydrogen-bond acceptors (Lipinski definition) is 9. The number of likely N-dealkylation sites (tertiary alicyclic amines) is 2. The van der Waals surface area contributed by atoms with E-state index in [1.54, 1.807) is 22.9 Å². The standard InChI is InChI=1S/C16H23N5O2.C16H25N5/c1-18(10-11-20-8-4-3-5-9-20)16-14-7-6-13(21(22)23)12-15(14)19(2)17-16;1-19(10-11-21-8-4-3-5-9-21)16-14-7-6-13(17)12-15(14)20(2)18-16/h6-7,12H,3-5,8-11H2,1-2H3;6-7,12H,3-5,8-11,17H2,1-2H3. The first-order chi connectivity index (χ1) is 21.2. The van der Waals surface area contributed by atoms with Crippen molar-refractivity contribution in [2.24, 2.45) is 14.1 Å². The van der Waals surface area contributed by atoms with Crippen LogP contribution in [0.5, 0.6) is 0 Å². The predicted molar refractivity (Wildman–Crippen MR) is 180 cm³/mol. The molecule has 2 aromatic carbocycles. The molecule has 4 aromatic rings. The predicted octanol–water partition coefficient (Wildman–Crippen LogP) is 4.48. The first-order valence-electron chi connectivity index (χ1n) is 15.9. The zero-order chi connectivity index (χ0) is 31.2. The Morgan fingerprint density at radius 3 is 1.68 bits per heavy atom. The Bertz CT molecular complexity index is 1550. The molecule has 0 radical (unpaired) electrons. The summed E-state index contributed by atoms with van der Waals surface area (Å²) in [6.45, 7) is 8.91. The van der Waals surface area contributed by atoms with E-state index in [2.05, 4.69) is 42.9 Å². The number of nitro groups is 1. The van der Waals surface area contributed by atoms with Gasteiger partial charge in [-0.3, -0.25) is 19.5 Å². The highest BCUT2D eigenvalue weighted by molar-refractivity contribution is 5.93. The monoisotopic (exact) mass is 604 g/mol. The number of rotatable bonds is 9. The lowest BCUT2D eigenvalue weighted by atomic mass is 10.1.